The first kappa shape index (κ1) is 14.5. The van der Waals surface area contributed by atoms with Crippen LogP contribution in [-0.2, 0) is 4.79 Å². The molecule has 0 heterocycles. The largest absolute Gasteiger partial charge is 0.496 e. The third-order valence-electron chi connectivity index (χ3n) is 2.88. The monoisotopic (exact) mass is 251 g/mol. The molecule has 1 aromatic carbocycles. The molecule has 18 heavy (non-hydrogen) atoms. The quantitative estimate of drug-likeness (QED) is 0.697. The van der Waals surface area contributed by atoms with Gasteiger partial charge in [0.1, 0.15) is 5.75 Å². The molecule has 2 N–H and O–H groups in total. The number of ether oxygens (including phenoxy) is 1. The van der Waals surface area contributed by atoms with Crippen LogP contribution in [0.5, 0.6) is 5.75 Å². The van der Waals surface area contributed by atoms with Gasteiger partial charge in [-0.2, -0.15) is 0 Å². The maximum absolute atomic E-state index is 10.4. The van der Waals surface area contributed by atoms with Crippen LogP contribution < -0.4 is 10.1 Å². The zero-order valence-electron chi connectivity index (χ0n) is 11.0. The average molecular weight is 251 g/mol. The number of aliphatic carboxylic acids is 1. The van der Waals surface area contributed by atoms with E-state index in [9.17, 15) is 4.79 Å². The van der Waals surface area contributed by atoms with Crippen molar-refractivity contribution in [2.45, 2.75) is 32.2 Å². The van der Waals surface area contributed by atoms with Gasteiger partial charge in [0.2, 0.25) is 0 Å². The standard InChI is InChI=1S/C14H21NO3/c1-3-12(15-10-6-9-14(16)17)11-7-4-5-8-13(11)18-2/h4-5,7-8,12,15H,3,6,9-10H2,1-2H3,(H,16,17). The number of carbonyl (C=O) groups is 1. The molecule has 0 aliphatic rings. The molecule has 0 aliphatic heterocycles. The topological polar surface area (TPSA) is 58.6 Å². The second kappa shape index (κ2) is 7.71. The van der Waals surface area contributed by atoms with E-state index < -0.39 is 5.97 Å². The number of methoxy groups -OCH3 is 1. The number of rotatable bonds is 8. The minimum Gasteiger partial charge on any atom is -0.496 e. The highest BCUT2D eigenvalue weighted by Crippen LogP contribution is 2.26. The number of benzene rings is 1. The molecule has 1 rings (SSSR count). The Kier molecular flexibility index (Phi) is 6.22. The number of nitrogens with one attached hydrogen (secondary N) is 1. The van der Waals surface area contributed by atoms with E-state index in [0.717, 1.165) is 17.7 Å². The Bertz CT molecular complexity index is 379. The van der Waals surface area contributed by atoms with Gasteiger partial charge in [0, 0.05) is 18.0 Å². The summed E-state index contributed by atoms with van der Waals surface area (Å²) in [5.74, 6) is 0.122. The van der Waals surface area contributed by atoms with Crippen LogP contribution in [0.2, 0.25) is 0 Å². The average Bonchev–Trinajstić information content (AvgIpc) is 2.38. The Morgan fingerprint density at radius 2 is 2.17 bits per heavy atom. The second-order valence-corrected chi connectivity index (χ2v) is 4.15. The molecular formula is C14H21NO3. The summed E-state index contributed by atoms with van der Waals surface area (Å²) in [5.41, 5.74) is 1.12. The Balaban J connectivity index is 2.57. The summed E-state index contributed by atoms with van der Waals surface area (Å²) in [7, 11) is 1.66. The lowest BCUT2D eigenvalue weighted by Crippen LogP contribution is -2.22. The number of carboxylic acid groups (broad SMARTS) is 1. The van der Waals surface area contributed by atoms with Gasteiger partial charge >= 0.3 is 5.97 Å². The molecule has 0 fully saturated rings. The predicted molar refractivity (Wildman–Crippen MR) is 70.9 cm³/mol. The number of hydrogen-bond acceptors (Lipinski definition) is 3. The first-order valence-electron chi connectivity index (χ1n) is 6.27. The molecule has 0 saturated heterocycles. The maximum Gasteiger partial charge on any atom is 0.303 e. The van der Waals surface area contributed by atoms with Crippen molar-refractivity contribution in [3.63, 3.8) is 0 Å². The number of para-hydroxylation sites is 1. The van der Waals surface area contributed by atoms with E-state index in [4.69, 9.17) is 9.84 Å². The minimum atomic E-state index is -0.748. The Labute approximate surface area is 108 Å². The van der Waals surface area contributed by atoms with Crippen molar-refractivity contribution in [2.75, 3.05) is 13.7 Å². The van der Waals surface area contributed by atoms with Gasteiger partial charge in [0.15, 0.2) is 0 Å². The summed E-state index contributed by atoms with van der Waals surface area (Å²) >= 11 is 0. The molecular weight excluding hydrogens is 230 g/mol. The summed E-state index contributed by atoms with van der Waals surface area (Å²) in [4.78, 5) is 10.4. The van der Waals surface area contributed by atoms with E-state index in [-0.39, 0.29) is 12.5 Å². The molecule has 1 aromatic rings. The number of carboxylic acids is 1. The highest BCUT2D eigenvalue weighted by atomic mass is 16.5. The van der Waals surface area contributed by atoms with Gasteiger partial charge in [-0.05, 0) is 25.5 Å². The third-order valence-corrected chi connectivity index (χ3v) is 2.88. The van der Waals surface area contributed by atoms with Crippen LogP contribution in [0.1, 0.15) is 37.8 Å². The van der Waals surface area contributed by atoms with E-state index in [1.165, 1.54) is 0 Å². The van der Waals surface area contributed by atoms with Crippen LogP contribution in [0.3, 0.4) is 0 Å². The lowest BCUT2D eigenvalue weighted by atomic mass is 10.0. The van der Waals surface area contributed by atoms with Crippen molar-refractivity contribution < 1.29 is 14.6 Å². The van der Waals surface area contributed by atoms with Crippen LogP contribution in [-0.4, -0.2) is 24.7 Å². The first-order chi connectivity index (χ1) is 8.69. The Morgan fingerprint density at radius 3 is 2.78 bits per heavy atom. The predicted octanol–water partition coefficient (Wildman–Crippen LogP) is 2.60. The molecule has 0 radical (unpaired) electrons. The molecule has 0 bridgehead atoms. The SMILES string of the molecule is CCC(NCCCC(=O)O)c1ccccc1OC. The van der Waals surface area contributed by atoms with E-state index in [2.05, 4.69) is 12.2 Å². The summed E-state index contributed by atoms with van der Waals surface area (Å²) in [5, 5.41) is 12.0. The van der Waals surface area contributed by atoms with Crippen molar-refractivity contribution in [1.29, 1.82) is 0 Å². The molecule has 0 amide bonds. The Morgan fingerprint density at radius 1 is 1.44 bits per heavy atom. The molecule has 1 unspecified atom stereocenters. The van der Waals surface area contributed by atoms with Crippen molar-refractivity contribution in [3.8, 4) is 5.75 Å². The summed E-state index contributed by atoms with van der Waals surface area (Å²) in [6, 6.07) is 8.11. The van der Waals surface area contributed by atoms with Gasteiger partial charge < -0.3 is 15.2 Å². The lowest BCUT2D eigenvalue weighted by molar-refractivity contribution is -0.137. The van der Waals surface area contributed by atoms with Gasteiger partial charge in [-0.1, -0.05) is 25.1 Å². The fraction of sp³-hybridized carbons (Fsp3) is 0.500. The maximum atomic E-state index is 10.4. The zero-order chi connectivity index (χ0) is 13.4. The number of hydrogen-bond donors (Lipinski definition) is 2. The first-order valence-corrected chi connectivity index (χ1v) is 6.27. The van der Waals surface area contributed by atoms with E-state index in [1.54, 1.807) is 7.11 Å². The van der Waals surface area contributed by atoms with E-state index >= 15 is 0 Å². The molecule has 0 spiro atoms. The highest BCUT2D eigenvalue weighted by Gasteiger charge is 2.12. The fourth-order valence-corrected chi connectivity index (χ4v) is 1.94. The summed E-state index contributed by atoms with van der Waals surface area (Å²) < 4.78 is 5.34. The lowest BCUT2D eigenvalue weighted by Gasteiger charge is -2.19. The van der Waals surface area contributed by atoms with Gasteiger partial charge in [0.05, 0.1) is 7.11 Å². The molecule has 0 aromatic heterocycles. The van der Waals surface area contributed by atoms with Crippen LogP contribution >= 0.6 is 0 Å². The summed E-state index contributed by atoms with van der Waals surface area (Å²) in [6.07, 6.45) is 1.78. The van der Waals surface area contributed by atoms with Gasteiger partial charge in [-0.3, -0.25) is 4.79 Å². The normalized spacial score (nSPS) is 12.1. The van der Waals surface area contributed by atoms with E-state index in [1.807, 2.05) is 24.3 Å². The van der Waals surface area contributed by atoms with Gasteiger partial charge in [-0.15, -0.1) is 0 Å². The van der Waals surface area contributed by atoms with Crippen LogP contribution in [0.25, 0.3) is 0 Å². The van der Waals surface area contributed by atoms with Crippen molar-refractivity contribution in [1.82, 2.24) is 5.32 Å². The third kappa shape index (κ3) is 4.37. The van der Waals surface area contributed by atoms with E-state index in [0.29, 0.717) is 13.0 Å². The molecule has 4 nitrogen and oxygen atoms in total. The van der Waals surface area contributed by atoms with Crippen LogP contribution in [0, 0.1) is 0 Å². The Hall–Kier alpha value is -1.55. The molecule has 0 saturated carbocycles. The van der Waals surface area contributed by atoms with Gasteiger partial charge in [0.25, 0.3) is 0 Å². The smallest absolute Gasteiger partial charge is 0.303 e. The van der Waals surface area contributed by atoms with Crippen molar-refractivity contribution >= 4 is 5.97 Å². The van der Waals surface area contributed by atoms with Crippen LogP contribution in [0.15, 0.2) is 24.3 Å². The zero-order valence-corrected chi connectivity index (χ0v) is 11.0. The van der Waals surface area contributed by atoms with Gasteiger partial charge in [-0.25, -0.2) is 0 Å². The van der Waals surface area contributed by atoms with Crippen molar-refractivity contribution in [3.05, 3.63) is 29.8 Å². The molecule has 100 valence electrons. The summed E-state index contributed by atoms with van der Waals surface area (Å²) in [6.45, 7) is 2.80. The molecule has 4 heteroatoms. The second-order valence-electron chi connectivity index (χ2n) is 4.15. The minimum absolute atomic E-state index is 0.204. The molecule has 0 aliphatic carbocycles. The molecule has 1 atom stereocenters. The fourth-order valence-electron chi connectivity index (χ4n) is 1.94. The van der Waals surface area contributed by atoms with Crippen LogP contribution in [0.4, 0.5) is 0 Å². The van der Waals surface area contributed by atoms with Crippen molar-refractivity contribution in [2.24, 2.45) is 0 Å². The highest BCUT2D eigenvalue weighted by molar-refractivity contribution is 5.66.